The lowest BCUT2D eigenvalue weighted by Gasteiger charge is -2.27. The maximum atomic E-state index is 12.9. The molecule has 15 heteroatoms. The van der Waals surface area contributed by atoms with Crippen LogP contribution in [0.25, 0.3) is 0 Å². The number of rotatable bonds is 13. The average molecular weight is 705 g/mol. The van der Waals surface area contributed by atoms with Gasteiger partial charge in [0.2, 0.25) is 5.91 Å². The molecule has 3 aromatic rings. The Hall–Kier alpha value is -3.33. The number of esters is 1. The summed E-state index contributed by atoms with van der Waals surface area (Å²) >= 11 is 9.54. The van der Waals surface area contributed by atoms with E-state index in [1.54, 1.807) is 35.8 Å². The zero-order chi connectivity index (χ0) is 31.7. The van der Waals surface area contributed by atoms with Gasteiger partial charge in [-0.1, -0.05) is 29.8 Å². The van der Waals surface area contributed by atoms with Gasteiger partial charge in [0.25, 0.3) is 0 Å². The molecular formula is C29H30BrClF3N3O7. The molecular weight excluding hydrogens is 675 g/mol. The predicted molar refractivity (Wildman–Crippen MR) is 155 cm³/mol. The number of ether oxygens (including phenoxy) is 5. The SMILES string of the molecule is CCOC(=O)CC(=O)NC(COC1CCCCO1)c1c(Br)nc(Oc2cccc(OC(F)(F)F)c2)n1Cc1ccc(Cl)cc1. The van der Waals surface area contributed by atoms with Crippen LogP contribution in [0.3, 0.4) is 0 Å². The summed E-state index contributed by atoms with van der Waals surface area (Å²) in [5.41, 5.74) is 1.18. The van der Waals surface area contributed by atoms with Gasteiger partial charge in [-0.2, -0.15) is 4.98 Å². The van der Waals surface area contributed by atoms with E-state index in [1.807, 2.05) is 0 Å². The monoisotopic (exact) mass is 703 g/mol. The van der Waals surface area contributed by atoms with Gasteiger partial charge in [-0.3, -0.25) is 14.2 Å². The van der Waals surface area contributed by atoms with Crippen LogP contribution in [0.4, 0.5) is 13.2 Å². The van der Waals surface area contributed by atoms with Crippen molar-refractivity contribution in [1.82, 2.24) is 14.9 Å². The lowest BCUT2D eigenvalue weighted by Crippen LogP contribution is -2.36. The molecule has 1 amide bonds. The number of amides is 1. The van der Waals surface area contributed by atoms with E-state index in [2.05, 4.69) is 31.0 Å². The third-order valence-electron chi connectivity index (χ3n) is 6.29. The van der Waals surface area contributed by atoms with Crippen molar-refractivity contribution in [3.63, 3.8) is 0 Å². The number of carbonyl (C=O) groups excluding carboxylic acids is 2. The Morgan fingerprint density at radius 1 is 1.18 bits per heavy atom. The predicted octanol–water partition coefficient (Wildman–Crippen LogP) is 6.69. The minimum atomic E-state index is -4.89. The topological polar surface area (TPSA) is 110 Å². The molecule has 2 heterocycles. The molecule has 238 valence electrons. The van der Waals surface area contributed by atoms with Gasteiger partial charge in [0.15, 0.2) is 6.29 Å². The molecule has 2 atom stereocenters. The molecule has 44 heavy (non-hydrogen) atoms. The number of benzene rings is 2. The Balaban J connectivity index is 1.70. The maximum Gasteiger partial charge on any atom is 0.573 e. The zero-order valence-corrected chi connectivity index (χ0v) is 25.9. The van der Waals surface area contributed by atoms with Gasteiger partial charge in [0, 0.05) is 17.7 Å². The molecule has 0 radical (unpaired) electrons. The highest BCUT2D eigenvalue weighted by molar-refractivity contribution is 9.10. The van der Waals surface area contributed by atoms with E-state index in [4.69, 9.17) is 30.5 Å². The third kappa shape index (κ3) is 10.1. The Morgan fingerprint density at radius 3 is 2.61 bits per heavy atom. The molecule has 1 saturated heterocycles. The number of halogens is 5. The van der Waals surface area contributed by atoms with Crippen molar-refractivity contribution < 1.29 is 46.4 Å². The Morgan fingerprint density at radius 2 is 1.93 bits per heavy atom. The van der Waals surface area contributed by atoms with Gasteiger partial charge >= 0.3 is 18.3 Å². The fraction of sp³-hybridized carbons (Fsp3) is 0.414. The zero-order valence-electron chi connectivity index (χ0n) is 23.6. The van der Waals surface area contributed by atoms with Crippen LogP contribution in [0, 0.1) is 0 Å². The van der Waals surface area contributed by atoms with Crippen molar-refractivity contribution in [3.05, 3.63) is 69.4 Å². The quantitative estimate of drug-likeness (QED) is 0.155. The molecule has 1 fully saturated rings. The van der Waals surface area contributed by atoms with Crippen LogP contribution in [0.1, 0.15) is 49.9 Å². The van der Waals surface area contributed by atoms with Crippen molar-refractivity contribution >= 4 is 39.4 Å². The van der Waals surface area contributed by atoms with E-state index in [1.165, 1.54) is 12.1 Å². The first-order chi connectivity index (χ1) is 21.0. The highest BCUT2D eigenvalue weighted by atomic mass is 79.9. The number of hydrogen-bond donors (Lipinski definition) is 1. The van der Waals surface area contributed by atoms with Crippen LogP contribution >= 0.6 is 27.5 Å². The minimum absolute atomic E-state index is 0.00968. The van der Waals surface area contributed by atoms with Crippen molar-refractivity contribution in [1.29, 1.82) is 0 Å². The fourth-order valence-electron chi connectivity index (χ4n) is 4.41. The molecule has 0 aliphatic carbocycles. The van der Waals surface area contributed by atoms with Gasteiger partial charge in [0.1, 0.15) is 22.5 Å². The summed E-state index contributed by atoms with van der Waals surface area (Å²) in [6.07, 6.45) is -3.42. The minimum Gasteiger partial charge on any atom is -0.466 e. The molecule has 0 spiro atoms. The Labute approximate surface area is 264 Å². The van der Waals surface area contributed by atoms with Crippen molar-refractivity contribution in [2.75, 3.05) is 19.8 Å². The van der Waals surface area contributed by atoms with E-state index in [0.717, 1.165) is 30.5 Å². The van der Waals surface area contributed by atoms with Crippen molar-refractivity contribution in [2.24, 2.45) is 0 Å². The normalized spacial score (nSPS) is 15.8. The highest BCUT2D eigenvalue weighted by Crippen LogP contribution is 2.34. The lowest BCUT2D eigenvalue weighted by molar-refractivity contribution is -0.274. The smallest absolute Gasteiger partial charge is 0.466 e. The molecule has 10 nitrogen and oxygen atoms in total. The third-order valence-corrected chi connectivity index (χ3v) is 7.13. The van der Waals surface area contributed by atoms with Gasteiger partial charge in [0.05, 0.1) is 31.5 Å². The Bertz CT molecular complexity index is 1420. The number of alkyl halides is 3. The molecule has 0 bridgehead atoms. The van der Waals surface area contributed by atoms with Crippen LogP contribution in [0.5, 0.6) is 17.5 Å². The highest BCUT2D eigenvalue weighted by Gasteiger charge is 2.32. The first-order valence-corrected chi connectivity index (χ1v) is 14.9. The van der Waals surface area contributed by atoms with Gasteiger partial charge < -0.3 is 29.0 Å². The van der Waals surface area contributed by atoms with Gasteiger partial charge in [-0.25, -0.2) is 0 Å². The van der Waals surface area contributed by atoms with E-state index >= 15 is 0 Å². The van der Waals surface area contributed by atoms with Crippen LogP contribution < -0.4 is 14.8 Å². The molecule has 1 aliphatic heterocycles. The largest absolute Gasteiger partial charge is 0.573 e. The first-order valence-electron chi connectivity index (χ1n) is 13.7. The summed E-state index contributed by atoms with van der Waals surface area (Å²) < 4.78 is 67.0. The van der Waals surface area contributed by atoms with E-state index in [0.29, 0.717) is 23.7 Å². The lowest BCUT2D eigenvalue weighted by atomic mass is 10.1. The molecule has 1 N–H and O–H groups in total. The van der Waals surface area contributed by atoms with Gasteiger partial charge in [-0.15, -0.1) is 13.2 Å². The molecule has 1 aromatic heterocycles. The molecule has 2 unspecified atom stereocenters. The van der Waals surface area contributed by atoms with Crippen molar-refractivity contribution in [2.45, 2.75) is 57.8 Å². The Kier molecular flexibility index (Phi) is 11.9. The second kappa shape index (κ2) is 15.6. The summed E-state index contributed by atoms with van der Waals surface area (Å²) in [7, 11) is 0. The fourth-order valence-corrected chi connectivity index (χ4v) is 5.18. The number of aromatic nitrogens is 2. The molecule has 2 aromatic carbocycles. The van der Waals surface area contributed by atoms with E-state index in [-0.39, 0.29) is 36.1 Å². The summed E-state index contributed by atoms with van der Waals surface area (Å²) in [4.78, 5) is 29.4. The number of nitrogens with zero attached hydrogens (tertiary/aromatic N) is 2. The maximum absolute atomic E-state index is 12.9. The van der Waals surface area contributed by atoms with E-state index < -0.39 is 42.7 Å². The van der Waals surface area contributed by atoms with Crippen LogP contribution in [-0.2, 0) is 30.3 Å². The molecule has 4 rings (SSSR count). The van der Waals surface area contributed by atoms with E-state index in [9.17, 15) is 22.8 Å². The second-order valence-corrected chi connectivity index (χ2v) is 10.8. The number of imidazole rings is 1. The standard InChI is InChI=1S/C29H30BrClF3N3O7/c1-2-40-24(39)15-23(38)35-22(17-42-25-8-3-4-13-41-25)26-27(30)36-28(37(26)16-18-9-11-19(31)12-10-18)43-20-6-5-7-21(14-20)44-29(32,33)34/h5-7,9-12,14,22,25H,2-4,8,13,15-17H2,1H3,(H,35,38). The summed E-state index contributed by atoms with van der Waals surface area (Å²) in [5, 5.41) is 3.33. The summed E-state index contributed by atoms with van der Waals surface area (Å²) in [6, 6.07) is 11.1. The molecule has 1 aliphatic rings. The summed E-state index contributed by atoms with van der Waals surface area (Å²) in [6.45, 7) is 2.39. The first kappa shape index (κ1) is 33.6. The average Bonchev–Trinajstić information content (AvgIpc) is 3.25. The molecule has 0 saturated carbocycles. The van der Waals surface area contributed by atoms with Crippen LogP contribution in [-0.4, -0.2) is 53.9 Å². The number of hydrogen-bond acceptors (Lipinski definition) is 8. The van der Waals surface area contributed by atoms with Crippen molar-refractivity contribution in [3.8, 4) is 17.5 Å². The number of carbonyl (C=O) groups is 2. The second-order valence-electron chi connectivity index (χ2n) is 9.64. The van der Waals surface area contributed by atoms with Crippen LogP contribution in [0.15, 0.2) is 53.1 Å². The summed E-state index contributed by atoms with van der Waals surface area (Å²) in [5.74, 6) is -1.77. The number of nitrogens with one attached hydrogen (secondary N) is 1. The van der Waals surface area contributed by atoms with Crippen LogP contribution in [0.2, 0.25) is 5.02 Å². The van der Waals surface area contributed by atoms with Gasteiger partial charge in [-0.05, 0) is 71.9 Å².